The van der Waals surface area contributed by atoms with E-state index < -0.39 is 0 Å². The summed E-state index contributed by atoms with van der Waals surface area (Å²) < 4.78 is 5.42. The van der Waals surface area contributed by atoms with Gasteiger partial charge in [-0.2, -0.15) is 0 Å². The Morgan fingerprint density at radius 3 is 2.80 bits per heavy atom. The van der Waals surface area contributed by atoms with Crippen LogP contribution in [0, 0.1) is 0 Å². The Bertz CT molecular complexity index is 558. The van der Waals surface area contributed by atoms with Gasteiger partial charge in [0.1, 0.15) is 11.4 Å². The molecule has 1 aromatic heterocycles. The molecule has 0 spiro atoms. The number of hydrogen-bond donors (Lipinski definition) is 2. The summed E-state index contributed by atoms with van der Waals surface area (Å²) in [5.41, 5.74) is 1.37. The van der Waals surface area contributed by atoms with Crippen LogP contribution in [0.3, 0.4) is 0 Å². The molecule has 104 valence electrons. The fourth-order valence-electron chi connectivity index (χ4n) is 1.63. The maximum atomic E-state index is 11.6. The van der Waals surface area contributed by atoms with E-state index in [4.69, 9.17) is 4.74 Å². The van der Waals surface area contributed by atoms with Crippen molar-refractivity contribution in [3.8, 4) is 5.75 Å². The van der Waals surface area contributed by atoms with Crippen LogP contribution in [0.2, 0.25) is 0 Å². The predicted octanol–water partition coefficient (Wildman–Crippen LogP) is 2.33. The Kier molecular flexibility index (Phi) is 5.08. The van der Waals surface area contributed by atoms with Crippen molar-refractivity contribution in [2.45, 2.75) is 13.0 Å². The summed E-state index contributed by atoms with van der Waals surface area (Å²) in [5, 5.41) is 12.1. The standard InChI is InChI=1S/C15H16N2O3/c18-14-6-8-16-10-13(14)17-15(19)7-9-20-11-12-4-2-1-3-5-12/h1-6,8,10H,7,9,11H2,(H,16,18)(H,17,19). The normalized spacial score (nSPS) is 10.2. The van der Waals surface area contributed by atoms with Crippen LogP contribution in [-0.4, -0.2) is 22.6 Å². The average molecular weight is 272 g/mol. The minimum atomic E-state index is -0.221. The second-order valence-corrected chi connectivity index (χ2v) is 4.23. The Morgan fingerprint density at radius 2 is 2.05 bits per heavy atom. The molecule has 0 aliphatic carbocycles. The highest BCUT2D eigenvalue weighted by Gasteiger charge is 2.06. The minimum absolute atomic E-state index is 0.00134. The second-order valence-electron chi connectivity index (χ2n) is 4.23. The third-order valence-electron chi connectivity index (χ3n) is 2.66. The van der Waals surface area contributed by atoms with E-state index in [1.165, 1.54) is 18.5 Å². The Morgan fingerprint density at radius 1 is 1.25 bits per heavy atom. The number of aromatic hydroxyl groups is 1. The molecule has 0 bridgehead atoms. The Hall–Kier alpha value is -2.40. The molecule has 0 atom stereocenters. The number of ether oxygens (including phenoxy) is 1. The van der Waals surface area contributed by atoms with Crippen LogP contribution in [0.15, 0.2) is 48.8 Å². The van der Waals surface area contributed by atoms with E-state index >= 15 is 0 Å². The molecule has 0 saturated heterocycles. The molecular weight excluding hydrogens is 256 g/mol. The molecule has 0 radical (unpaired) electrons. The van der Waals surface area contributed by atoms with Crippen molar-refractivity contribution in [2.75, 3.05) is 11.9 Å². The SMILES string of the molecule is O=C(CCOCc1ccccc1)Nc1cnccc1O. The van der Waals surface area contributed by atoms with Crippen LogP contribution < -0.4 is 5.32 Å². The quantitative estimate of drug-likeness (QED) is 0.792. The van der Waals surface area contributed by atoms with Gasteiger partial charge >= 0.3 is 0 Å². The molecule has 0 unspecified atom stereocenters. The monoisotopic (exact) mass is 272 g/mol. The van der Waals surface area contributed by atoms with E-state index in [0.29, 0.717) is 18.9 Å². The minimum Gasteiger partial charge on any atom is -0.506 e. The lowest BCUT2D eigenvalue weighted by Crippen LogP contribution is -2.14. The highest BCUT2D eigenvalue weighted by molar-refractivity contribution is 5.91. The topological polar surface area (TPSA) is 71.5 Å². The summed E-state index contributed by atoms with van der Waals surface area (Å²) in [4.78, 5) is 15.5. The first-order valence-corrected chi connectivity index (χ1v) is 6.30. The molecule has 2 rings (SSSR count). The molecule has 0 saturated carbocycles. The number of anilines is 1. The van der Waals surface area contributed by atoms with E-state index in [9.17, 15) is 9.90 Å². The summed E-state index contributed by atoms with van der Waals surface area (Å²) in [6, 6.07) is 11.2. The van der Waals surface area contributed by atoms with Gasteiger partial charge in [-0.25, -0.2) is 0 Å². The summed E-state index contributed by atoms with van der Waals surface area (Å²) in [5.74, 6) is -0.222. The molecule has 2 aromatic rings. The molecule has 1 amide bonds. The number of nitrogens with one attached hydrogen (secondary N) is 1. The summed E-state index contributed by atoms with van der Waals surface area (Å²) >= 11 is 0. The second kappa shape index (κ2) is 7.25. The van der Waals surface area contributed by atoms with Gasteiger partial charge in [0.2, 0.25) is 5.91 Å². The summed E-state index contributed by atoms with van der Waals surface area (Å²) in [7, 11) is 0. The fraction of sp³-hybridized carbons (Fsp3) is 0.200. The maximum Gasteiger partial charge on any atom is 0.226 e. The zero-order chi connectivity index (χ0) is 14.2. The van der Waals surface area contributed by atoms with Gasteiger partial charge in [-0.1, -0.05) is 30.3 Å². The van der Waals surface area contributed by atoms with Gasteiger partial charge in [0.15, 0.2) is 0 Å². The first-order valence-electron chi connectivity index (χ1n) is 6.30. The van der Waals surface area contributed by atoms with Gasteiger partial charge < -0.3 is 15.2 Å². The van der Waals surface area contributed by atoms with E-state index in [-0.39, 0.29) is 18.1 Å². The molecule has 0 aliphatic rings. The highest BCUT2D eigenvalue weighted by Crippen LogP contribution is 2.19. The van der Waals surface area contributed by atoms with Crippen molar-refractivity contribution < 1.29 is 14.6 Å². The third-order valence-corrected chi connectivity index (χ3v) is 2.66. The first-order chi connectivity index (χ1) is 9.75. The number of rotatable bonds is 6. The van der Waals surface area contributed by atoms with Crippen LogP contribution in [0.4, 0.5) is 5.69 Å². The smallest absolute Gasteiger partial charge is 0.226 e. The molecule has 1 aromatic carbocycles. The van der Waals surface area contributed by atoms with Gasteiger partial charge in [-0.05, 0) is 5.56 Å². The van der Waals surface area contributed by atoms with Gasteiger partial charge in [0, 0.05) is 12.3 Å². The number of benzene rings is 1. The van der Waals surface area contributed by atoms with E-state index in [2.05, 4.69) is 10.3 Å². The van der Waals surface area contributed by atoms with Crippen molar-refractivity contribution >= 4 is 11.6 Å². The largest absolute Gasteiger partial charge is 0.506 e. The molecule has 5 heteroatoms. The summed E-state index contributed by atoms with van der Waals surface area (Å²) in [6.07, 6.45) is 3.08. The van der Waals surface area contributed by atoms with Crippen LogP contribution in [0.5, 0.6) is 5.75 Å². The lowest BCUT2D eigenvalue weighted by atomic mass is 10.2. The zero-order valence-corrected chi connectivity index (χ0v) is 11.0. The number of nitrogens with zero attached hydrogens (tertiary/aromatic N) is 1. The fourth-order valence-corrected chi connectivity index (χ4v) is 1.63. The molecule has 1 heterocycles. The maximum absolute atomic E-state index is 11.6. The number of pyridine rings is 1. The van der Waals surface area contributed by atoms with Crippen LogP contribution >= 0.6 is 0 Å². The molecule has 0 fully saturated rings. The van der Waals surface area contributed by atoms with E-state index in [1.54, 1.807) is 0 Å². The lowest BCUT2D eigenvalue weighted by molar-refractivity contribution is -0.117. The van der Waals surface area contributed by atoms with Gasteiger partial charge in [0.05, 0.1) is 25.8 Å². The average Bonchev–Trinajstić information content (AvgIpc) is 2.47. The van der Waals surface area contributed by atoms with E-state index in [0.717, 1.165) is 5.56 Å². The van der Waals surface area contributed by atoms with Crippen LogP contribution in [-0.2, 0) is 16.1 Å². The number of aromatic nitrogens is 1. The lowest BCUT2D eigenvalue weighted by Gasteiger charge is -2.07. The van der Waals surface area contributed by atoms with E-state index in [1.807, 2.05) is 30.3 Å². The molecule has 2 N–H and O–H groups in total. The Labute approximate surface area is 117 Å². The van der Waals surface area contributed by atoms with Crippen molar-refractivity contribution in [1.82, 2.24) is 4.98 Å². The number of amides is 1. The highest BCUT2D eigenvalue weighted by atomic mass is 16.5. The van der Waals surface area contributed by atoms with Crippen molar-refractivity contribution in [2.24, 2.45) is 0 Å². The molecule has 5 nitrogen and oxygen atoms in total. The number of carbonyl (C=O) groups excluding carboxylic acids is 1. The Balaban J connectivity index is 1.69. The molecule has 0 aliphatic heterocycles. The van der Waals surface area contributed by atoms with Gasteiger partial charge in [-0.3, -0.25) is 9.78 Å². The van der Waals surface area contributed by atoms with Crippen LogP contribution in [0.1, 0.15) is 12.0 Å². The molecular formula is C15H16N2O3. The number of carbonyl (C=O) groups is 1. The zero-order valence-electron chi connectivity index (χ0n) is 11.0. The summed E-state index contributed by atoms with van der Waals surface area (Å²) in [6.45, 7) is 0.800. The van der Waals surface area contributed by atoms with Crippen molar-refractivity contribution in [1.29, 1.82) is 0 Å². The number of hydrogen-bond acceptors (Lipinski definition) is 4. The molecule has 20 heavy (non-hydrogen) atoms. The van der Waals surface area contributed by atoms with Crippen molar-refractivity contribution in [3.63, 3.8) is 0 Å². The van der Waals surface area contributed by atoms with Gasteiger partial charge in [0.25, 0.3) is 0 Å². The van der Waals surface area contributed by atoms with Gasteiger partial charge in [-0.15, -0.1) is 0 Å². The van der Waals surface area contributed by atoms with Crippen molar-refractivity contribution in [3.05, 3.63) is 54.4 Å². The third kappa shape index (κ3) is 4.37. The predicted molar refractivity (Wildman–Crippen MR) is 75.2 cm³/mol. The van der Waals surface area contributed by atoms with Crippen LogP contribution in [0.25, 0.3) is 0 Å². The first kappa shape index (κ1) is 14.0.